The minimum atomic E-state index is -0.668. The summed E-state index contributed by atoms with van der Waals surface area (Å²) in [6.07, 6.45) is 13.0. The monoisotopic (exact) mass is 976 g/mol. The average Bonchev–Trinajstić information content (AvgIpc) is 4.04. The maximum Gasteiger partial charge on any atom is 0.319 e. The highest BCUT2D eigenvalue weighted by Crippen LogP contribution is 2.48. The number of piperazine rings is 2. The highest BCUT2D eigenvalue weighted by atomic mass is 19.1. The number of piperidine rings is 2. The maximum absolute atomic E-state index is 17.4. The second kappa shape index (κ2) is 18.5. The molecule has 16 nitrogen and oxygen atoms in total. The van der Waals surface area contributed by atoms with E-state index in [1.165, 1.54) is 13.2 Å². The van der Waals surface area contributed by atoms with E-state index in [1.807, 2.05) is 24.3 Å². The number of amides is 3. The molecule has 3 aromatic carbocycles. The Morgan fingerprint density at radius 1 is 0.875 bits per heavy atom. The van der Waals surface area contributed by atoms with Crippen molar-refractivity contribution < 1.29 is 33.4 Å². The molecule has 3 unspecified atom stereocenters. The third kappa shape index (κ3) is 8.50. The molecule has 6 fully saturated rings. The van der Waals surface area contributed by atoms with Gasteiger partial charge in [0.1, 0.15) is 34.2 Å². The number of nitrogens with zero attached hydrogens (tertiary/aromatic N) is 9. The molecular formula is C55H61FN10O6. The zero-order valence-electron chi connectivity index (χ0n) is 41.0. The van der Waals surface area contributed by atoms with Gasteiger partial charge in [-0.1, -0.05) is 18.1 Å². The van der Waals surface area contributed by atoms with Gasteiger partial charge in [0.25, 0.3) is 5.91 Å². The Morgan fingerprint density at radius 3 is 2.36 bits per heavy atom. The number of pyridine rings is 1. The minimum absolute atomic E-state index is 0.0299. The van der Waals surface area contributed by atoms with Crippen LogP contribution in [0.1, 0.15) is 72.9 Å². The van der Waals surface area contributed by atoms with E-state index in [9.17, 15) is 19.5 Å². The van der Waals surface area contributed by atoms with Crippen LogP contribution < -0.4 is 24.6 Å². The zero-order chi connectivity index (χ0) is 49.4. The number of likely N-dealkylation sites (N-methyl/N-ethyl adjacent to an activating group) is 1. The van der Waals surface area contributed by atoms with E-state index >= 15 is 4.39 Å². The fourth-order valence-corrected chi connectivity index (χ4v) is 12.6. The first-order valence-corrected chi connectivity index (χ1v) is 25.7. The van der Waals surface area contributed by atoms with E-state index in [0.29, 0.717) is 76.2 Å². The topological polar surface area (TPSA) is 160 Å². The molecule has 5 saturated heterocycles. The van der Waals surface area contributed by atoms with Gasteiger partial charge in [0, 0.05) is 124 Å². The number of aromatic nitrogens is 3. The number of hydrogen-bond donors (Lipinski definition) is 2. The molecule has 2 bridgehead atoms. The lowest BCUT2D eigenvalue weighted by molar-refractivity contribution is -0.136. The van der Waals surface area contributed by atoms with Gasteiger partial charge in [0.05, 0.1) is 13.7 Å². The number of benzene rings is 3. The third-order valence-corrected chi connectivity index (χ3v) is 16.9. The molecule has 5 aromatic rings. The number of ether oxygens (including phenoxy) is 2. The molecular weight excluding hydrogens is 916 g/mol. The van der Waals surface area contributed by atoms with Crippen LogP contribution in [0.15, 0.2) is 48.5 Å². The number of aromatic hydroxyl groups is 1. The summed E-state index contributed by atoms with van der Waals surface area (Å²) < 4.78 is 30.0. The standard InChI is InChI=1S/C55H61FN10O6/c1-4-34-6-5-7-35-25-40(67)26-42(45(34)35)48-47(56)49-46(52(58-48)71-3)50(65-29-38-8-9-39(30-65)61(38)2)60-54(59-49)72-32-55(16-17-55)31-63-22-20-62(21-23-63)27-33-14-18-64(19-15-33)37-10-11-41-36(24-37)28-66(53(41)70)43-12-13-44(68)57-51(43)69/h1,5-7,10-11,24-26,33,38-39,43,67H,8-9,12-23,27-32H2,2-3H3,(H,57,68,69). The van der Waals surface area contributed by atoms with Crippen molar-refractivity contribution in [1.82, 2.24) is 39.9 Å². The van der Waals surface area contributed by atoms with Gasteiger partial charge in [-0.15, -0.1) is 6.42 Å². The maximum atomic E-state index is 17.4. The number of methoxy groups -OCH3 is 1. The Bertz CT molecular complexity index is 3040. The van der Waals surface area contributed by atoms with Crippen LogP contribution in [-0.2, 0) is 16.1 Å². The molecule has 2 N–H and O–H groups in total. The van der Waals surface area contributed by atoms with Crippen LogP contribution in [0.4, 0.5) is 15.9 Å². The van der Waals surface area contributed by atoms with Crippen molar-refractivity contribution in [3.8, 4) is 41.2 Å². The number of halogens is 1. The number of imide groups is 1. The van der Waals surface area contributed by atoms with E-state index in [0.717, 1.165) is 115 Å². The van der Waals surface area contributed by atoms with E-state index in [1.54, 1.807) is 17.0 Å². The lowest BCUT2D eigenvalue weighted by atomic mass is 9.95. The van der Waals surface area contributed by atoms with Crippen molar-refractivity contribution in [3.05, 3.63) is 71.0 Å². The van der Waals surface area contributed by atoms with Crippen LogP contribution in [0.5, 0.6) is 17.6 Å². The van der Waals surface area contributed by atoms with Crippen molar-refractivity contribution in [2.24, 2.45) is 11.3 Å². The smallest absolute Gasteiger partial charge is 0.319 e. The number of nitrogens with one attached hydrogen (secondary N) is 1. The van der Waals surface area contributed by atoms with Crippen molar-refractivity contribution in [2.75, 3.05) is 96.0 Å². The Kier molecular flexibility index (Phi) is 11.9. The lowest BCUT2D eigenvalue weighted by Gasteiger charge is -2.40. The van der Waals surface area contributed by atoms with Crippen molar-refractivity contribution in [1.29, 1.82) is 0 Å². The number of phenolic OH excluding ortho intramolecular Hbond substituents is 1. The molecule has 72 heavy (non-hydrogen) atoms. The van der Waals surface area contributed by atoms with Gasteiger partial charge in [-0.25, -0.2) is 9.37 Å². The summed E-state index contributed by atoms with van der Waals surface area (Å²) in [6, 6.07) is 14.8. The summed E-state index contributed by atoms with van der Waals surface area (Å²) in [6.45, 7) is 10.1. The molecule has 1 saturated carbocycles. The summed E-state index contributed by atoms with van der Waals surface area (Å²) in [4.78, 5) is 66.0. The van der Waals surface area contributed by atoms with Gasteiger partial charge in [0.2, 0.25) is 17.7 Å². The summed E-state index contributed by atoms with van der Waals surface area (Å²) in [5.74, 6) is 2.54. The first-order chi connectivity index (χ1) is 34.9. The van der Waals surface area contributed by atoms with Crippen molar-refractivity contribution in [2.45, 2.75) is 76.0 Å². The van der Waals surface area contributed by atoms with Gasteiger partial charge >= 0.3 is 6.01 Å². The minimum Gasteiger partial charge on any atom is -0.508 e. The predicted octanol–water partition coefficient (Wildman–Crippen LogP) is 5.42. The summed E-state index contributed by atoms with van der Waals surface area (Å²) in [7, 11) is 3.70. The Hall–Kier alpha value is -6.61. The number of hydrogen-bond acceptors (Lipinski definition) is 14. The Labute approximate surface area is 418 Å². The SMILES string of the molecule is C#Cc1cccc2cc(O)cc(-c3nc(OC)c4c(N5CC6CCC(C5)N6C)nc(OCC5(CN6CCN(CC7CCN(c8ccc9c(c8)CN(C8CCC(=O)NC8=O)C9=O)CC7)CC6)CC5)nc4c3F)c12. The fraction of sp³-hybridized carbons (Fsp3) is 0.491. The Balaban J connectivity index is 0.700. The zero-order valence-corrected chi connectivity index (χ0v) is 41.0. The molecule has 7 aliphatic rings. The molecule has 6 aliphatic heterocycles. The lowest BCUT2D eigenvalue weighted by Crippen LogP contribution is -2.52. The Morgan fingerprint density at radius 2 is 1.64 bits per heavy atom. The molecule has 8 heterocycles. The highest BCUT2D eigenvalue weighted by molar-refractivity contribution is 6.06. The van der Waals surface area contributed by atoms with Crippen LogP contribution in [0.2, 0.25) is 0 Å². The number of carbonyl (C=O) groups excluding carboxylic acids is 3. The predicted molar refractivity (Wildman–Crippen MR) is 271 cm³/mol. The number of rotatable bonds is 12. The fourth-order valence-electron chi connectivity index (χ4n) is 12.6. The molecule has 0 radical (unpaired) electrons. The summed E-state index contributed by atoms with van der Waals surface area (Å²) in [5, 5.41) is 14.9. The van der Waals surface area contributed by atoms with Crippen LogP contribution in [0.3, 0.4) is 0 Å². The average molecular weight is 977 g/mol. The number of terminal acetylenes is 1. The van der Waals surface area contributed by atoms with Crippen molar-refractivity contribution in [3.63, 3.8) is 0 Å². The van der Waals surface area contributed by atoms with Gasteiger partial charge in [-0.3, -0.25) is 24.6 Å². The number of anilines is 2. The largest absolute Gasteiger partial charge is 0.508 e. The quantitative estimate of drug-likeness (QED) is 0.121. The van der Waals surface area contributed by atoms with E-state index in [4.69, 9.17) is 30.8 Å². The summed E-state index contributed by atoms with van der Waals surface area (Å²) >= 11 is 0. The van der Waals surface area contributed by atoms with E-state index in [-0.39, 0.29) is 58.4 Å². The van der Waals surface area contributed by atoms with Gasteiger partial charge in [-0.05, 0) is 105 Å². The normalized spacial score (nSPS) is 23.7. The molecule has 1 aliphatic carbocycles. The number of carbonyl (C=O) groups is 3. The third-order valence-electron chi connectivity index (χ3n) is 16.9. The van der Waals surface area contributed by atoms with Gasteiger partial charge in [0.15, 0.2) is 5.82 Å². The van der Waals surface area contributed by atoms with E-state index < -0.39 is 11.9 Å². The second-order valence-electron chi connectivity index (χ2n) is 21.4. The summed E-state index contributed by atoms with van der Waals surface area (Å²) in [5.41, 5.74) is 3.57. The molecule has 12 rings (SSSR count). The first kappa shape index (κ1) is 46.5. The second-order valence-corrected chi connectivity index (χ2v) is 21.4. The molecule has 0 spiro atoms. The van der Waals surface area contributed by atoms with Crippen molar-refractivity contribution >= 4 is 50.9 Å². The van der Waals surface area contributed by atoms with Gasteiger partial charge in [-0.2, -0.15) is 9.97 Å². The van der Waals surface area contributed by atoms with Gasteiger partial charge < -0.3 is 39.1 Å². The molecule has 3 atom stereocenters. The molecule has 374 valence electrons. The molecule has 2 aromatic heterocycles. The van der Waals surface area contributed by atoms with Crippen LogP contribution in [-0.4, -0.2) is 162 Å². The molecule has 17 heteroatoms. The highest BCUT2D eigenvalue weighted by Gasteiger charge is 2.46. The molecule has 3 amide bonds. The number of fused-ring (bicyclic) bond motifs is 5. The van der Waals surface area contributed by atoms with Crippen LogP contribution >= 0.6 is 0 Å². The number of phenols is 1. The van der Waals surface area contributed by atoms with E-state index in [2.05, 4.69) is 48.9 Å². The van der Waals surface area contributed by atoms with Crippen LogP contribution in [0.25, 0.3) is 32.9 Å². The van der Waals surface area contributed by atoms with Crippen LogP contribution in [0, 0.1) is 29.5 Å². The first-order valence-electron chi connectivity index (χ1n) is 25.7.